The monoisotopic (exact) mass is 342 g/mol. The van der Waals surface area contributed by atoms with Crippen LogP contribution in [0.15, 0.2) is 30.3 Å². The van der Waals surface area contributed by atoms with E-state index in [4.69, 9.17) is 0 Å². The van der Waals surface area contributed by atoms with Crippen molar-refractivity contribution in [3.05, 3.63) is 41.5 Å². The smallest absolute Gasteiger partial charge is 0.228 e. The summed E-state index contributed by atoms with van der Waals surface area (Å²) in [4.78, 5) is 12.7. The van der Waals surface area contributed by atoms with Crippen molar-refractivity contribution in [2.24, 2.45) is 11.3 Å². The molecule has 2 aliphatic carbocycles. The molecule has 0 bridgehead atoms. The minimum Gasteiger partial charge on any atom is -0.325 e. The van der Waals surface area contributed by atoms with Crippen LogP contribution in [0.4, 0.5) is 5.69 Å². The van der Waals surface area contributed by atoms with Crippen molar-refractivity contribution in [2.75, 3.05) is 18.4 Å². The van der Waals surface area contributed by atoms with Crippen molar-refractivity contribution in [3.8, 4) is 0 Å². The Labute approximate surface area is 148 Å². The van der Waals surface area contributed by atoms with E-state index in [9.17, 15) is 4.79 Å². The van der Waals surface area contributed by atoms with E-state index in [1.54, 1.807) is 0 Å². The molecule has 1 amide bonds. The first-order valence-electron chi connectivity index (χ1n) is 8.82. The average molecular weight is 343 g/mol. The second-order valence-electron chi connectivity index (χ2n) is 7.47. The lowest BCUT2D eigenvalue weighted by molar-refractivity contribution is -0.118. The first kappa shape index (κ1) is 15.9. The normalized spacial score (nSPS) is 23.1. The van der Waals surface area contributed by atoms with Gasteiger partial charge in [0.15, 0.2) is 0 Å². The van der Waals surface area contributed by atoms with Crippen LogP contribution in [0.25, 0.3) is 10.8 Å². The second-order valence-corrected chi connectivity index (χ2v) is 7.47. The van der Waals surface area contributed by atoms with Crippen LogP contribution >= 0.6 is 12.4 Å². The van der Waals surface area contributed by atoms with Gasteiger partial charge in [0.25, 0.3) is 0 Å². The van der Waals surface area contributed by atoms with Crippen LogP contribution in [-0.4, -0.2) is 19.0 Å². The summed E-state index contributed by atoms with van der Waals surface area (Å²) in [7, 11) is 0. The molecule has 5 rings (SSSR count). The fraction of sp³-hybridized carbons (Fsp3) is 0.450. The molecule has 24 heavy (non-hydrogen) atoms. The number of carbonyl (C=O) groups is 1. The number of hydrogen-bond acceptors (Lipinski definition) is 2. The lowest BCUT2D eigenvalue weighted by atomic mass is 9.91. The molecule has 1 unspecified atom stereocenters. The molecular formula is C20H23ClN2O. The lowest BCUT2D eigenvalue weighted by Crippen LogP contribution is -2.31. The van der Waals surface area contributed by atoms with Gasteiger partial charge >= 0.3 is 0 Å². The summed E-state index contributed by atoms with van der Waals surface area (Å²) in [6.45, 7) is 2.12. The topological polar surface area (TPSA) is 41.1 Å². The van der Waals surface area contributed by atoms with Crippen LogP contribution in [0.1, 0.15) is 30.4 Å². The highest BCUT2D eigenvalue weighted by molar-refractivity contribution is 6.06. The van der Waals surface area contributed by atoms with E-state index >= 15 is 0 Å². The molecule has 3 nitrogen and oxygen atoms in total. The number of amides is 1. The van der Waals surface area contributed by atoms with Crippen molar-refractivity contribution in [1.82, 2.24) is 5.32 Å². The number of piperidine rings is 1. The molecule has 2 N–H and O–H groups in total. The maximum Gasteiger partial charge on any atom is 0.228 e. The highest BCUT2D eigenvalue weighted by atomic mass is 35.5. The average Bonchev–Trinajstić information content (AvgIpc) is 3.10. The summed E-state index contributed by atoms with van der Waals surface area (Å²) in [5.41, 5.74) is 4.14. The van der Waals surface area contributed by atoms with E-state index in [2.05, 4.69) is 41.0 Å². The zero-order chi connectivity index (χ0) is 15.4. The van der Waals surface area contributed by atoms with Crippen molar-refractivity contribution < 1.29 is 4.79 Å². The third-order valence-electron chi connectivity index (χ3n) is 6.24. The molecule has 1 heterocycles. The maximum absolute atomic E-state index is 12.7. The van der Waals surface area contributed by atoms with Crippen LogP contribution < -0.4 is 10.6 Å². The SMILES string of the molecule is Cl.O=C(Nc1ccc2c3c(cccc13)CC2)C1CC12CCNCC2. The van der Waals surface area contributed by atoms with Gasteiger partial charge in [0.05, 0.1) is 0 Å². The predicted molar refractivity (Wildman–Crippen MR) is 99.9 cm³/mol. The summed E-state index contributed by atoms with van der Waals surface area (Å²) in [5.74, 6) is 0.443. The molecule has 1 saturated carbocycles. The molecule has 2 aromatic carbocycles. The zero-order valence-corrected chi connectivity index (χ0v) is 14.5. The van der Waals surface area contributed by atoms with Gasteiger partial charge in [-0.15, -0.1) is 12.4 Å². The van der Waals surface area contributed by atoms with Gasteiger partial charge < -0.3 is 10.6 Å². The Morgan fingerprint density at radius 1 is 1.08 bits per heavy atom. The summed E-state index contributed by atoms with van der Waals surface area (Å²) < 4.78 is 0. The standard InChI is InChI=1S/C20H22N2O.ClH/c23-19(16-12-20(16)8-10-21-11-9-20)22-17-7-6-14-5-4-13-2-1-3-15(17)18(13)14;/h1-3,6-7,16,21H,4-5,8-12H2,(H,22,23);1H. The molecule has 1 saturated heterocycles. The van der Waals surface area contributed by atoms with Gasteiger partial charge in [-0.3, -0.25) is 4.79 Å². The van der Waals surface area contributed by atoms with E-state index in [1.807, 2.05) is 0 Å². The van der Waals surface area contributed by atoms with Crippen molar-refractivity contribution in [3.63, 3.8) is 0 Å². The Morgan fingerprint density at radius 2 is 1.83 bits per heavy atom. The van der Waals surface area contributed by atoms with Gasteiger partial charge in [0.2, 0.25) is 5.91 Å². The molecule has 0 aromatic heterocycles. The maximum atomic E-state index is 12.7. The van der Waals surface area contributed by atoms with Gasteiger partial charge in [0.1, 0.15) is 0 Å². The van der Waals surface area contributed by atoms with Crippen molar-refractivity contribution >= 4 is 34.8 Å². The summed E-state index contributed by atoms with van der Waals surface area (Å²) in [6, 6.07) is 10.8. The van der Waals surface area contributed by atoms with Gasteiger partial charge in [-0.2, -0.15) is 0 Å². The molecule has 2 fully saturated rings. The minimum atomic E-state index is 0. The minimum absolute atomic E-state index is 0. The highest BCUT2D eigenvalue weighted by Gasteiger charge is 2.57. The largest absolute Gasteiger partial charge is 0.325 e. The van der Waals surface area contributed by atoms with E-state index in [0.29, 0.717) is 5.41 Å². The van der Waals surface area contributed by atoms with Crippen molar-refractivity contribution in [2.45, 2.75) is 32.1 Å². The first-order valence-corrected chi connectivity index (χ1v) is 8.82. The van der Waals surface area contributed by atoms with E-state index < -0.39 is 0 Å². The Balaban J connectivity index is 0.00000146. The molecule has 126 valence electrons. The number of aryl methyl sites for hydroxylation is 2. The lowest BCUT2D eigenvalue weighted by Gasteiger charge is -2.23. The fourth-order valence-electron chi connectivity index (χ4n) is 4.77. The van der Waals surface area contributed by atoms with Gasteiger partial charge in [0, 0.05) is 17.0 Å². The molecular weight excluding hydrogens is 320 g/mol. The molecule has 0 radical (unpaired) electrons. The zero-order valence-electron chi connectivity index (χ0n) is 13.7. The van der Waals surface area contributed by atoms with E-state index in [-0.39, 0.29) is 24.2 Å². The molecule has 2 aromatic rings. The Hall–Kier alpha value is -1.58. The number of carbonyl (C=O) groups excluding carboxylic acids is 1. The third kappa shape index (κ3) is 2.34. The van der Waals surface area contributed by atoms with Crippen LogP contribution in [-0.2, 0) is 17.6 Å². The summed E-state index contributed by atoms with van der Waals surface area (Å²) in [5, 5.41) is 9.23. The summed E-state index contributed by atoms with van der Waals surface area (Å²) >= 11 is 0. The predicted octanol–water partition coefficient (Wildman–Crippen LogP) is 3.69. The van der Waals surface area contributed by atoms with Crippen molar-refractivity contribution in [1.29, 1.82) is 0 Å². The molecule has 4 heteroatoms. The molecule has 1 atom stereocenters. The number of halogens is 1. The van der Waals surface area contributed by atoms with Gasteiger partial charge in [-0.05, 0) is 73.2 Å². The van der Waals surface area contributed by atoms with Gasteiger partial charge in [-0.1, -0.05) is 24.3 Å². The van der Waals surface area contributed by atoms with Crippen LogP contribution in [0.5, 0.6) is 0 Å². The first-order chi connectivity index (χ1) is 11.3. The van der Waals surface area contributed by atoms with Crippen LogP contribution in [0, 0.1) is 11.3 Å². The van der Waals surface area contributed by atoms with Crippen LogP contribution in [0.2, 0.25) is 0 Å². The van der Waals surface area contributed by atoms with Gasteiger partial charge in [-0.25, -0.2) is 0 Å². The molecule has 1 spiro atoms. The fourth-order valence-corrected chi connectivity index (χ4v) is 4.77. The molecule has 3 aliphatic rings. The Morgan fingerprint density at radius 3 is 2.62 bits per heavy atom. The highest BCUT2D eigenvalue weighted by Crippen LogP contribution is 2.58. The van der Waals surface area contributed by atoms with E-state index in [0.717, 1.165) is 50.9 Å². The Kier molecular flexibility index (Phi) is 3.81. The third-order valence-corrected chi connectivity index (χ3v) is 6.24. The number of benzene rings is 2. The number of hydrogen-bond donors (Lipinski definition) is 2. The second kappa shape index (κ2) is 5.75. The quantitative estimate of drug-likeness (QED) is 0.874. The molecule has 1 aliphatic heterocycles. The number of rotatable bonds is 2. The van der Waals surface area contributed by atoms with Crippen LogP contribution in [0.3, 0.4) is 0 Å². The number of nitrogens with one attached hydrogen (secondary N) is 2. The number of anilines is 1. The Bertz CT molecular complexity index is 800. The summed E-state index contributed by atoms with van der Waals surface area (Å²) in [6.07, 6.45) is 5.62. The van der Waals surface area contributed by atoms with E-state index in [1.165, 1.54) is 21.9 Å².